The second-order valence-electron chi connectivity index (χ2n) is 6.70. The molecule has 2 N–H and O–H groups in total. The maximum atomic E-state index is 12.9. The Hall–Kier alpha value is -2.44. The van der Waals surface area contributed by atoms with Crippen LogP contribution in [0.25, 0.3) is 0 Å². The molecule has 0 radical (unpaired) electrons. The summed E-state index contributed by atoms with van der Waals surface area (Å²) in [6.07, 6.45) is 1.46. The van der Waals surface area contributed by atoms with Crippen molar-refractivity contribution in [2.24, 2.45) is 5.92 Å². The van der Waals surface area contributed by atoms with Crippen molar-refractivity contribution >= 4 is 5.91 Å². The molecule has 1 saturated heterocycles. The first kappa shape index (κ1) is 19.3. The third kappa shape index (κ3) is 5.05. The molecule has 144 valence electrons. The standard InChI is InChI=1S/C21H24FNO4/c22-18-6-8-19(9-7-18)27-14-20(24)23-15-21(25,16-4-2-1-3-5-16)17-10-12-26-13-11-17/h1-9,17,25H,10-15H2,(H,23,24)/t21-/m0/s1. The van der Waals surface area contributed by atoms with Crippen LogP contribution in [0.3, 0.4) is 0 Å². The number of halogens is 1. The van der Waals surface area contributed by atoms with Gasteiger partial charge in [0.25, 0.3) is 5.91 Å². The maximum Gasteiger partial charge on any atom is 0.258 e. The fraction of sp³-hybridized carbons (Fsp3) is 0.381. The Morgan fingerprint density at radius 1 is 1.15 bits per heavy atom. The zero-order valence-corrected chi connectivity index (χ0v) is 15.1. The van der Waals surface area contributed by atoms with Gasteiger partial charge in [0.1, 0.15) is 17.2 Å². The molecule has 0 bridgehead atoms. The molecule has 0 aromatic heterocycles. The van der Waals surface area contributed by atoms with Crippen molar-refractivity contribution in [1.82, 2.24) is 5.32 Å². The molecule has 1 aliphatic heterocycles. The summed E-state index contributed by atoms with van der Waals surface area (Å²) in [7, 11) is 0. The van der Waals surface area contributed by atoms with Gasteiger partial charge in [-0.2, -0.15) is 0 Å². The van der Waals surface area contributed by atoms with Gasteiger partial charge in [0.15, 0.2) is 6.61 Å². The summed E-state index contributed by atoms with van der Waals surface area (Å²) in [6, 6.07) is 14.9. The summed E-state index contributed by atoms with van der Waals surface area (Å²) < 4.78 is 23.7. The van der Waals surface area contributed by atoms with Crippen LogP contribution in [0.4, 0.5) is 4.39 Å². The largest absolute Gasteiger partial charge is 0.484 e. The van der Waals surface area contributed by atoms with Gasteiger partial charge in [-0.05, 0) is 48.6 Å². The zero-order valence-electron chi connectivity index (χ0n) is 15.1. The van der Waals surface area contributed by atoms with Gasteiger partial charge in [0.05, 0.1) is 6.54 Å². The summed E-state index contributed by atoms with van der Waals surface area (Å²) in [5, 5.41) is 14.2. The van der Waals surface area contributed by atoms with Gasteiger partial charge in [-0.25, -0.2) is 4.39 Å². The van der Waals surface area contributed by atoms with Gasteiger partial charge in [-0.3, -0.25) is 4.79 Å². The highest BCUT2D eigenvalue weighted by Crippen LogP contribution is 2.35. The minimum absolute atomic E-state index is 0.00744. The lowest BCUT2D eigenvalue weighted by Gasteiger charge is -2.39. The molecule has 5 nitrogen and oxygen atoms in total. The number of ether oxygens (including phenoxy) is 2. The van der Waals surface area contributed by atoms with Crippen molar-refractivity contribution in [2.75, 3.05) is 26.4 Å². The van der Waals surface area contributed by atoms with E-state index in [0.29, 0.717) is 19.0 Å². The van der Waals surface area contributed by atoms with Crippen molar-refractivity contribution in [3.05, 3.63) is 66.0 Å². The summed E-state index contributed by atoms with van der Waals surface area (Å²) in [5.74, 6) is -0.307. The van der Waals surface area contributed by atoms with Crippen molar-refractivity contribution in [3.8, 4) is 5.75 Å². The Balaban J connectivity index is 1.62. The van der Waals surface area contributed by atoms with E-state index in [2.05, 4.69) is 5.32 Å². The molecule has 27 heavy (non-hydrogen) atoms. The third-order valence-corrected chi connectivity index (χ3v) is 4.91. The van der Waals surface area contributed by atoms with Gasteiger partial charge in [-0.1, -0.05) is 30.3 Å². The van der Waals surface area contributed by atoms with Crippen LogP contribution in [-0.2, 0) is 15.1 Å². The monoisotopic (exact) mass is 373 g/mol. The van der Waals surface area contributed by atoms with Crippen LogP contribution in [-0.4, -0.2) is 37.4 Å². The molecular weight excluding hydrogens is 349 g/mol. The van der Waals surface area contributed by atoms with E-state index in [1.807, 2.05) is 30.3 Å². The summed E-state index contributed by atoms with van der Waals surface area (Å²) in [6.45, 7) is 1.08. The molecule has 0 aliphatic carbocycles. The maximum absolute atomic E-state index is 12.9. The third-order valence-electron chi connectivity index (χ3n) is 4.91. The average Bonchev–Trinajstić information content (AvgIpc) is 2.73. The lowest BCUT2D eigenvalue weighted by molar-refractivity contribution is -0.126. The van der Waals surface area contributed by atoms with Gasteiger partial charge >= 0.3 is 0 Å². The number of carbonyl (C=O) groups excluding carboxylic acids is 1. The lowest BCUT2D eigenvalue weighted by atomic mass is 9.77. The van der Waals surface area contributed by atoms with Gasteiger partial charge < -0.3 is 19.9 Å². The van der Waals surface area contributed by atoms with Crippen LogP contribution in [0.2, 0.25) is 0 Å². The Bertz CT molecular complexity index is 732. The van der Waals surface area contributed by atoms with E-state index in [-0.39, 0.29) is 30.8 Å². The minimum atomic E-state index is -1.17. The van der Waals surface area contributed by atoms with Crippen molar-refractivity contribution in [1.29, 1.82) is 0 Å². The number of hydrogen-bond acceptors (Lipinski definition) is 4. The average molecular weight is 373 g/mol. The quantitative estimate of drug-likeness (QED) is 0.783. The van der Waals surface area contributed by atoms with Gasteiger partial charge in [-0.15, -0.1) is 0 Å². The zero-order chi connectivity index (χ0) is 19.1. The number of hydrogen-bond donors (Lipinski definition) is 2. The fourth-order valence-corrected chi connectivity index (χ4v) is 3.35. The molecule has 1 fully saturated rings. The van der Waals surface area contributed by atoms with Crippen LogP contribution in [0.5, 0.6) is 5.75 Å². The van der Waals surface area contributed by atoms with Crippen molar-refractivity contribution in [2.45, 2.75) is 18.4 Å². The van der Waals surface area contributed by atoms with Gasteiger partial charge in [0.2, 0.25) is 0 Å². The van der Waals surface area contributed by atoms with E-state index in [9.17, 15) is 14.3 Å². The molecule has 2 aromatic carbocycles. The molecule has 1 amide bonds. The van der Waals surface area contributed by atoms with Crippen molar-refractivity contribution < 1.29 is 23.8 Å². The molecule has 3 rings (SSSR count). The minimum Gasteiger partial charge on any atom is -0.484 e. The van der Waals surface area contributed by atoms with Crippen molar-refractivity contribution in [3.63, 3.8) is 0 Å². The topological polar surface area (TPSA) is 67.8 Å². The van der Waals surface area contributed by atoms with E-state index in [1.54, 1.807) is 0 Å². The molecular formula is C21H24FNO4. The van der Waals surface area contributed by atoms with Crippen LogP contribution in [0.15, 0.2) is 54.6 Å². The molecule has 2 aromatic rings. The predicted molar refractivity (Wildman–Crippen MR) is 98.8 cm³/mol. The number of amides is 1. The highest BCUT2D eigenvalue weighted by molar-refractivity contribution is 5.77. The SMILES string of the molecule is O=C(COc1ccc(F)cc1)NC[C@](O)(c1ccccc1)C1CCOCC1. The van der Waals surface area contributed by atoms with Crippen LogP contribution in [0.1, 0.15) is 18.4 Å². The fourth-order valence-electron chi connectivity index (χ4n) is 3.35. The first-order valence-electron chi connectivity index (χ1n) is 9.08. The van der Waals surface area contributed by atoms with E-state index >= 15 is 0 Å². The predicted octanol–water partition coefficient (Wildman–Crippen LogP) is 2.64. The van der Waals surface area contributed by atoms with Crippen LogP contribution >= 0.6 is 0 Å². The highest BCUT2D eigenvalue weighted by Gasteiger charge is 2.39. The normalized spacial score (nSPS) is 17.1. The first-order valence-corrected chi connectivity index (χ1v) is 9.08. The second kappa shape index (κ2) is 8.97. The van der Waals surface area contributed by atoms with E-state index < -0.39 is 5.60 Å². The molecule has 1 aliphatic rings. The summed E-state index contributed by atoms with van der Waals surface area (Å²) in [4.78, 5) is 12.2. The van der Waals surface area contributed by atoms with Crippen LogP contribution < -0.4 is 10.1 Å². The Kier molecular flexibility index (Phi) is 6.42. The number of aliphatic hydroxyl groups is 1. The van der Waals surface area contributed by atoms with E-state index in [0.717, 1.165) is 18.4 Å². The smallest absolute Gasteiger partial charge is 0.258 e. The van der Waals surface area contributed by atoms with E-state index in [1.165, 1.54) is 24.3 Å². The number of nitrogens with one attached hydrogen (secondary N) is 1. The molecule has 1 atom stereocenters. The Morgan fingerprint density at radius 2 is 1.81 bits per heavy atom. The molecule has 0 unspecified atom stereocenters. The molecule has 6 heteroatoms. The highest BCUT2D eigenvalue weighted by atomic mass is 19.1. The molecule has 0 saturated carbocycles. The molecule has 0 spiro atoms. The number of benzene rings is 2. The Morgan fingerprint density at radius 3 is 2.48 bits per heavy atom. The van der Waals surface area contributed by atoms with E-state index in [4.69, 9.17) is 9.47 Å². The summed E-state index contributed by atoms with van der Waals surface area (Å²) >= 11 is 0. The molecule has 1 heterocycles. The van der Waals surface area contributed by atoms with Crippen LogP contribution in [0, 0.1) is 11.7 Å². The summed E-state index contributed by atoms with van der Waals surface area (Å²) in [5.41, 5.74) is -0.395. The number of carbonyl (C=O) groups is 1. The lowest BCUT2D eigenvalue weighted by Crippen LogP contribution is -2.48. The first-order chi connectivity index (χ1) is 13.1. The Labute approximate surface area is 158 Å². The van der Waals surface area contributed by atoms with Gasteiger partial charge in [0, 0.05) is 13.2 Å². The second-order valence-corrected chi connectivity index (χ2v) is 6.70. The number of rotatable bonds is 7.